The Morgan fingerprint density at radius 3 is 2.42 bits per heavy atom. The maximum atomic E-state index is 12.8. The van der Waals surface area contributed by atoms with Crippen molar-refractivity contribution < 1.29 is 4.79 Å². The van der Waals surface area contributed by atoms with E-state index in [0.717, 1.165) is 28.1 Å². The molecule has 0 saturated carbocycles. The molecule has 1 heterocycles. The van der Waals surface area contributed by atoms with E-state index in [4.69, 9.17) is 0 Å². The first kappa shape index (κ1) is 20.5. The highest BCUT2D eigenvalue weighted by molar-refractivity contribution is 5.96. The normalized spacial score (nSPS) is 12.0. The number of benzene rings is 3. The predicted molar refractivity (Wildman–Crippen MR) is 123 cm³/mol. The van der Waals surface area contributed by atoms with Gasteiger partial charge in [0.15, 0.2) is 0 Å². The number of nitrogens with one attached hydrogen (secondary N) is 1. The van der Waals surface area contributed by atoms with Crippen molar-refractivity contribution in [1.29, 1.82) is 0 Å². The highest BCUT2D eigenvalue weighted by Gasteiger charge is 2.16. The van der Waals surface area contributed by atoms with E-state index in [2.05, 4.69) is 34.5 Å². The Morgan fingerprint density at radius 2 is 1.71 bits per heavy atom. The third-order valence-corrected chi connectivity index (χ3v) is 5.40. The van der Waals surface area contributed by atoms with Crippen LogP contribution in [0.5, 0.6) is 0 Å². The average Bonchev–Trinajstić information content (AvgIpc) is 3.34. The first-order valence-corrected chi connectivity index (χ1v) is 10.2. The maximum Gasteiger partial charge on any atom is 0.238 e. The molecule has 1 atom stereocenters. The van der Waals surface area contributed by atoms with Gasteiger partial charge < -0.3 is 5.32 Å². The van der Waals surface area contributed by atoms with Gasteiger partial charge in [-0.25, -0.2) is 9.67 Å². The van der Waals surface area contributed by atoms with E-state index in [9.17, 15) is 4.79 Å². The van der Waals surface area contributed by atoms with E-state index in [0.29, 0.717) is 0 Å². The lowest BCUT2D eigenvalue weighted by molar-refractivity contribution is -0.117. The van der Waals surface area contributed by atoms with Crippen molar-refractivity contribution in [1.82, 2.24) is 19.7 Å². The topological polar surface area (TPSA) is 63.1 Å². The van der Waals surface area contributed by atoms with Gasteiger partial charge in [0, 0.05) is 17.3 Å². The summed E-state index contributed by atoms with van der Waals surface area (Å²) in [6.07, 6.45) is 3.18. The summed E-state index contributed by atoms with van der Waals surface area (Å²) in [5, 5.41) is 7.22. The quantitative estimate of drug-likeness (QED) is 0.484. The van der Waals surface area contributed by atoms with Crippen LogP contribution in [-0.2, 0) is 4.79 Å². The Balaban J connectivity index is 1.41. The van der Waals surface area contributed by atoms with Gasteiger partial charge in [-0.1, -0.05) is 60.7 Å². The lowest BCUT2D eigenvalue weighted by Crippen LogP contribution is -2.32. The van der Waals surface area contributed by atoms with Gasteiger partial charge in [0.2, 0.25) is 5.91 Å². The van der Waals surface area contributed by atoms with E-state index in [-0.39, 0.29) is 18.5 Å². The van der Waals surface area contributed by atoms with Crippen LogP contribution in [0.4, 0.5) is 5.69 Å². The summed E-state index contributed by atoms with van der Waals surface area (Å²) in [4.78, 5) is 18.8. The van der Waals surface area contributed by atoms with Crippen molar-refractivity contribution in [2.24, 2.45) is 0 Å². The van der Waals surface area contributed by atoms with Gasteiger partial charge in [-0.05, 0) is 43.3 Å². The molecule has 0 unspecified atom stereocenters. The molecule has 0 spiro atoms. The van der Waals surface area contributed by atoms with Gasteiger partial charge in [-0.2, -0.15) is 5.10 Å². The van der Waals surface area contributed by atoms with Crippen molar-refractivity contribution in [2.75, 3.05) is 18.9 Å². The number of amides is 1. The summed E-state index contributed by atoms with van der Waals surface area (Å²) in [5.74, 6) is -0.0445. The zero-order chi connectivity index (χ0) is 21.6. The summed E-state index contributed by atoms with van der Waals surface area (Å²) < 4.78 is 1.72. The van der Waals surface area contributed by atoms with Crippen molar-refractivity contribution in [3.05, 3.63) is 97.1 Å². The SMILES string of the molecule is C[C@@H](c1ccc(-n2cncn2)cc1)N(C)CC(=O)Nc1ccccc1-c1ccccc1. The standard InChI is InChI=1S/C25H25N5O/c1-19(20-12-14-22(15-13-20)30-18-26-17-27-30)29(2)16-25(31)28-24-11-7-6-10-23(24)21-8-4-3-5-9-21/h3-15,17-19H,16H2,1-2H3,(H,28,31)/t19-/m0/s1. The van der Waals surface area contributed by atoms with Crippen LogP contribution in [0.1, 0.15) is 18.5 Å². The summed E-state index contributed by atoms with van der Waals surface area (Å²) in [5.41, 5.74) is 4.98. The average molecular weight is 412 g/mol. The Bertz CT molecular complexity index is 1120. The van der Waals surface area contributed by atoms with Crippen LogP contribution in [-0.4, -0.2) is 39.2 Å². The van der Waals surface area contributed by atoms with Gasteiger partial charge in [0.1, 0.15) is 12.7 Å². The molecule has 0 aliphatic carbocycles. The zero-order valence-corrected chi connectivity index (χ0v) is 17.6. The van der Waals surface area contributed by atoms with Crippen LogP contribution >= 0.6 is 0 Å². The lowest BCUT2D eigenvalue weighted by Gasteiger charge is -2.25. The Hall–Kier alpha value is -3.77. The predicted octanol–water partition coefficient (Wildman–Crippen LogP) is 4.57. The molecule has 1 aromatic heterocycles. The summed E-state index contributed by atoms with van der Waals surface area (Å²) in [6, 6.07) is 26.1. The molecule has 0 fully saturated rings. The molecule has 6 heteroatoms. The van der Waals surface area contributed by atoms with Crippen LogP contribution in [0.3, 0.4) is 0 Å². The second-order valence-electron chi connectivity index (χ2n) is 7.48. The van der Waals surface area contributed by atoms with Gasteiger partial charge in [0.05, 0.1) is 12.2 Å². The molecule has 0 saturated heterocycles. The van der Waals surface area contributed by atoms with Crippen LogP contribution in [0, 0.1) is 0 Å². The summed E-state index contributed by atoms with van der Waals surface area (Å²) in [6.45, 7) is 2.38. The highest BCUT2D eigenvalue weighted by atomic mass is 16.2. The van der Waals surface area contributed by atoms with E-state index < -0.39 is 0 Å². The minimum absolute atomic E-state index is 0.0445. The second-order valence-corrected chi connectivity index (χ2v) is 7.48. The molecule has 3 aromatic carbocycles. The summed E-state index contributed by atoms with van der Waals surface area (Å²) in [7, 11) is 1.96. The summed E-state index contributed by atoms with van der Waals surface area (Å²) >= 11 is 0. The lowest BCUT2D eigenvalue weighted by atomic mass is 10.0. The number of aromatic nitrogens is 3. The third kappa shape index (κ3) is 4.87. The van der Waals surface area contributed by atoms with Crippen molar-refractivity contribution >= 4 is 11.6 Å². The molecule has 0 aliphatic heterocycles. The Labute approximate surface area is 182 Å². The van der Waals surface area contributed by atoms with Gasteiger partial charge in [-0.3, -0.25) is 9.69 Å². The largest absolute Gasteiger partial charge is 0.324 e. The van der Waals surface area contributed by atoms with Gasteiger partial charge in [-0.15, -0.1) is 0 Å². The minimum atomic E-state index is -0.0445. The molecular weight excluding hydrogens is 386 g/mol. The number of hydrogen-bond donors (Lipinski definition) is 1. The molecule has 4 aromatic rings. The second kappa shape index (κ2) is 9.36. The van der Waals surface area contributed by atoms with E-state index in [1.807, 2.05) is 78.7 Å². The molecular formula is C25H25N5O. The van der Waals surface area contributed by atoms with E-state index >= 15 is 0 Å². The van der Waals surface area contributed by atoms with Gasteiger partial charge in [0.25, 0.3) is 0 Å². The number of hydrogen-bond acceptors (Lipinski definition) is 4. The monoisotopic (exact) mass is 411 g/mol. The van der Waals surface area contributed by atoms with Crippen molar-refractivity contribution in [3.8, 4) is 16.8 Å². The molecule has 31 heavy (non-hydrogen) atoms. The fraction of sp³-hybridized carbons (Fsp3) is 0.160. The smallest absolute Gasteiger partial charge is 0.238 e. The molecule has 6 nitrogen and oxygen atoms in total. The van der Waals surface area contributed by atoms with Crippen LogP contribution in [0.15, 0.2) is 91.5 Å². The third-order valence-electron chi connectivity index (χ3n) is 5.40. The zero-order valence-electron chi connectivity index (χ0n) is 17.6. The Morgan fingerprint density at radius 1 is 1.00 bits per heavy atom. The molecule has 0 bridgehead atoms. The molecule has 4 rings (SSSR count). The van der Waals surface area contributed by atoms with Crippen molar-refractivity contribution in [2.45, 2.75) is 13.0 Å². The number of likely N-dealkylation sites (N-methyl/N-ethyl adjacent to an activating group) is 1. The fourth-order valence-electron chi connectivity index (χ4n) is 3.52. The first-order valence-electron chi connectivity index (χ1n) is 10.2. The highest BCUT2D eigenvalue weighted by Crippen LogP contribution is 2.27. The number of nitrogens with zero attached hydrogens (tertiary/aromatic N) is 4. The fourth-order valence-corrected chi connectivity index (χ4v) is 3.52. The number of rotatable bonds is 7. The van der Waals surface area contributed by atoms with Crippen LogP contribution in [0.25, 0.3) is 16.8 Å². The minimum Gasteiger partial charge on any atom is -0.324 e. The molecule has 156 valence electrons. The van der Waals surface area contributed by atoms with Gasteiger partial charge >= 0.3 is 0 Å². The number of para-hydroxylation sites is 1. The molecule has 0 radical (unpaired) electrons. The van der Waals surface area contributed by atoms with E-state index in [1.54, 1.807) is 11.0 Å². The first-order chi connectivity index (χ1) is 15.1. The van der Waals surface area contributed by atoms with E-state index in [1.165, 1.54) is 6.33 Å². The van der Waals surface area contributed by atoms with Crippen LogP contribution in [0.2, 0.25) is 0 Å². The van der Waals surface area contributed by atoms with Crippen LogP contribution < -0.4 is 5.32 Å². The maximum absolute atomic E-state index is 12.8. The Kier molecular flexibility index (Phi) is 6.19. The molecule has 1 N–H and O–H groups in total. The molecule has 0 aliphatic rings. The van der Waals surface area contributed by atoms with Crippen molar-refractivity contribution in [3.63, 3.8) is 0 Å². The molecule has 1 amide bonds. The number of anilines is 1. The number of carbonyl (C=O) groups is 1. The number of carbonyl (C=O) groups excluding carboxylic acids is 1.